The first-order valence-corrected chi connectivity index (χ1v) is 9.27. The lowest BCUT2D eigenvalue weighted by molar-refractivity contribution is -0.120. The summed E-state index contributed by atoms with van der Waals surface area (Å²) in [7, 11) is -4.19. The summed E-state index contributed by atoms with van der Waals surface area (Å²) in [6, 6.07) is 9.44. The highest BCUT2D eigenvalue weighted by Gasteiger charge is 2.33. The number of carbonyl (C=O) groups is 1. The number of nitriles is 1. The molecule has 0 bridgehead atoms. The number of sulfonamides is 1. The zero-order valence-corrected chi connectivity index (χ0v) is 14.9. The summed E-state index contributed by atoms with van der Waals surface area (Å²) >= 11 is 3.12. The highest BCUT2D eigenvalue weighted by atomic mass is 79.9. The van der Waals surface area contributed by atoms with Crippen LogP contribution in [0.2, 0.25) is 0 Å². The van der Waals surface area contributed by atoms with Crippen molar-refractivity contribution < 1.29 is 22.3 Å². The van der Waals surface area contributed by atoms with E-state index in [0.717, 1.165) is 12.1 Å². The average Bonchev–Trinajstić information content (AvgIpc) is 2.96. The predicted octanol–water partition coefficient (Wildman–Crippen LogP) is 2.44. The number of carbonyl (C=O) groups excluding carboxylic acids is 1. The van der Waals surface area contributed by atoms with Crippen LogP contribution < -0.4 is 9.46 Å². The molecule has 0 radical (unpaired) electrons. The minimum atomic E-state index is -4.19. The van der Waals surface area contributed by atoms with E-state index in [1.165, 1.54) is 24.3 Å². The molecule has 1 unspecified atom stereocenters. The zero-order chi connectivity index (χ0) is 18.2. The highest BCUT2D eigenvalue weighted by Crippen LogP contribution is 2.34. The molecule has 3 rings (SSSR count). The van der Waals surface area contributed by atoms with E-state index in [2.05, 4.69) is 15.9 Å². The molecule has 2 aromatic rings. The fourth-order valence-electron chi connectivity index (χ4n) is 2.45. The topological polar surface area (TPSA) is 96.3 Å². The fourth-order valence-corrected chi connectivity index (χ4v) is 4.18. The number of nitrogens with zero attached hydrogens (tertiary/aromatic N) is 1. The second-order valence-corrected chi connectivity index (χ2v) is 7.90. The van der Waals surface area contributed by atoms with Crippen LogP contribution in [-0.2, 0) is 14.8 Å². The van der Waals surface area contributed by atoms with E-state index in [1.807, 2.05) is 10.8 Å². The molecule has 128 valence electrons. The molecule has 0 saturated carbocycles. The van der Waals surface area contributed by atoms with Gasteiger partial charge in [-0.15, -0.1) is 0 Å². The Labute approximate surface area is 151 Å². The summed E-state index contributed by atoms with van der Waals surface area (Å²) in [6.45, 7) is -0.0813. The molecule has 1 aliphatic rings. The standard InChI is InChI=1S/C16H10BrFN2O4S/c17-10-3-9(7-19)4-12(5-10)25(22,23)20-16(21)14-8-24-15-2-1-11(18)6-13(14)15/h1-6,14H,8H2,(H,20,21). The van der Waals surface area contributed by atoms with E-state index in [9.17, 15) is 17.6 Å². The molecule has 1 N–H and O–H groups in total. The maximum atomic E-state index is 13.4. The quantitative estimate of drug-likeness (QED) is 0.815. The molecule has 6 nitrogen and oxygen atoms in total. The lowest BCUT2D eigenvalue weighted by Gasteiger charge is -2.11. The Morgan fingerprint density at radius 1 is 1.32 bits per heavy atom. The van der Waals surface area contributed by atoms with Crippen LogP contribution in [0.1, 0.15) is 17.0 Å². The number of hydrogen-bond acceptors (Lipinski definition) is 5. The summed E-state index contributed by atoms with van der Waals surface area (Å²) in [4.78, 5) is 12.1. The molecule has 1 aliphatic heterocycles. The Kier molecular flexibility index (Phi) is 4.49. The first-order valence-electron chi connectivity index (χ1n) is 7.00. The number of amides is 1. The van der Waals surface area contributed by atoms with Gasteiger partial charge in [-0.25, -0.2) is 17.5 Å². The molecule has 1 amide bonds. The Hall–Kier alpha value is -2.44. The highest BCUT2D eigenvalue weighted by molar-refractivity contribution is 9.10. The smallest absolute Gasteiger partial charge is 0.264 e. The molecular weight excluding hydrogens is 415 g/mol. The van der Waals surface area contributed by atoms with E-state index < -0.39 is 27.7 Å². The van der Waals surface area contributed by atoms with Gasteiger partial charge in [-0.05, 0) is 36.4 Å². The Bertz CT molecular complexity index is 1020. The molecular formula is C16H10BrFN2O4S. The maximum Gasteiger partial charge on any atom is 0.264 e. The molecule has 9 heteroatoms. The molecule has 0 saturated heterocycles. The van der Waals surface area contributed by atoms with Crippen LogP contribution >= 0.6 is 15.9 Å². The SMILES string of the molecule is N#Cc1cc(Br)cc(S(=O)(=O)NC(=O)C2COc3ccc(F)cc32)c1. The van der Waals surface area contributed by atoms with E-state index in [0.29, 0.717) is 15.8 Å². The Morgan fingerprint density at radius 3 is 2.80 bits per heavy atom. The van der Waals surface area contributed by atoms with Crippen molar-refractivity contribution in [3.05, 3.63) is 57.8 Å². The molecule has 1 heterocycles. The number of ether oxygens (including phenoxy) is 1. The minimum Gasteiger partial charge on any atom is -0.492 e. The number of halogens is 2. The lowest BCUT2D eigenvalue weighted by Crippen LogP contribution is -2.35. The first-order chi connectivity index (χ1) is 11.8. The van der Waals surface area contributed by atoms with Crippen LogP contribution in [0.4, 0.5) is 4.39 Å². The van der Waals surface area contributed by atoms with E-state index >= 15 is 0 Å². The van der Waals surface area contributed by atoms with Gasteiger partial charge in [-0.3, -0.25) is 4.79 Å². The molecule has 0 spiro atoms. The average molecular weight is 425 g/mol. The Balaban J connectivity index is 1.88. The minimum absolute atomic E-state index is 0.0813. The van der Waals surface area contributed by atoms with Crippen LogP contribution in [0.5, 0.6) is 5.75 Å². The summed E-state index contributed by atoms with van der Waals surface area (Å²) in [5.41, 5.74) is 0.415. The van der Waals surface area contributed by atoms with Crippen molar-refractivity contribution in [3.63, 3.8) is 0 Å². The van der Waals surface area contributed by atoms with Gasteiger partial charge in [-0.1, -0.05) is 15.9 Å². The van der Waals surface area contributed by atoms with Gasteiger partial charge < -0.3 is 4.74 Å². The normalized spacial score (nSPS) is 15.8. The van der Waals surface area contributed by atoms with Gasteiger partial charge in [0.2, 0.25) is 5.91 Å². The van der Waals surface area contributed by atoms with Crippen LogP contribution in [0.25, 0.3) is 0 Å². The number of benzene rings is 2. The van der Waals surface area contributed by atoms with Crippen LogP contribution in [0.3, 0.4) is 0 Å². The van der Waals surface area contributed by atoms with Crippen LogP contribution in [0.15, 0.2) is 45.8 Å². The number of hydrogen-bond donors (Lipinski definition) is 1. The maximum absolute atomic E-state index is 13.4. The van der Waals surface area contributed by atoms with Gasteiger partial charge in [-0.2, -0.15) is 5.26 Å². The summed E-state index contributed by atoms with van der Waals surface area (Å²) in [6.07, 6.45) is 0. The van der Waals surface area contributed by atoms with Crippen LogP contribution in [-0.4, -0.2) is 20.9 Å². The van der Waals surface area contributed by atoms with Gasteiger partial charge in [0.25, 0.3) is 10.0 Å². The van der Waals surface area contributed by atoms with Gasteiger partial charge in [0.15, 0.2) is 0 Å². The van der Waals surface area contributed by atoms with Crippen molar-refractivity contribution >= 4 is 31.9 Å². The number of rotatable bonds is 3. The third-order valence-corrected chi connectivity index (χ3v) is 5.40. The first kappa shape index (κ1) is 17.4. The third kappa shape index (κ3) is 3.50. The summed E-state index contributed by atoms with van der Waals surface area (Å²) in [5.74, 6) is -1.98. The van der Waals surface area contributed by atoms with Gasteiger partial charge >= 0.3 is 0 Å². The van der Waals surface area contributed by atoms with Crippen molar-refractivity contribution in [1.29, 1.82) is 5.26 Å². The molecule has 25 heavy (non-hydrogen) atoms. The Morgan fingerprint density at radius 2 is 2.08 bits per heavy atom. The van der Waals surface area contributed by atoms with E-state index in [-0.39, 0.29) is 17.1 Å². The predicted molar refractivity (Wildman–Crippen MR) is 88.8 cm³/mol. The second kappa shape index (κ2) is 6.46. The lowest BCUT2D eigenvalue weighted by atomic mass is 10.0. The van der Waals surface area contributed by atoms with Crippen molar-refractivity contribution in [3.8, 4) is 11.8 Å². The van der Waals surface area contributed by atoms with E-state index in [4.69, 9.17) is 10.00 Å². The fraction of sp³-hybridized carbons (Fsp3) is 0.125. The molecule has 2 aromatic carbocycles. The summed E-state index contributed by atoms with van der Waals surface area (Å²) in [5, 5.41) is 8.94. The second-order valence-electron chi connectivity index (χ2n) is 5.30. The molecule has 0 aromatic heterocycles. The molecule has 0 fully saturated rings. The van der Waals surface area contributed by atoms with E-state index in [1.54, 1.807) is 0 Å². The van der Waals surface area contributed by atoms with Crippen LogP contribution in [0, 0.1) is 17.1 Å². The zero-order valence-electron chi connectivity index (χ0n) is 12.5. The number of fused-ring (bicyclic) bond motifs is 1. The summed E-state index contributed by atoms with van der Waals surface area (Å²) < 4.78 is 45.9. The number of nitrogens with one attached hydrogen (secondary N) is 1. The van der Waals surface area contributed by atoms with Gasteiger partial charge in [0.05, 0.1) is 16.5 Å². The van der Waals surface area contributed by atoms with Gasteiger partial charge in [0, 0.05) is 10.0 Å². The monoisotopic (exact) mass is 424 g/mol. The third-order valence-electron chi connectivity index (χ3n) is 3.61. The van der Waals surface area contributed by atoms with Crippen molar-refractivity contribution in [2.45, 2.75) is 10.8 Å². The van der Waals surface area contributed by atoms with Gasteiger partial charge in [0.1, 0.15) is 24.1 Å². The molecule has 1 atom stereocenters. The van der Waals surface area contributed by atoms with Crippen molar-refractivity contribution in [2.24, 2.45) is 0 Å². The van der Waals surface area contributed by atoms with Crippen molar-refractivity contribution in [2.75, 3.05) is 6.61 Å². The molecule has 0 aliphatic carbocycles. The van der Waals surface area contributed by atoms with Crippen molar-refractivity contribution in [1.82, 2.24) is 4.72 Å². The largest absolute Gasteiger partial charge is 0.492 e.